The van der Waals surface area contributed by atoms with Crippen molar-refractivity contribution in [1.82, 2.24) is 9.78 Å². The molecular weight excluding hydrogens is 318 g/mol. The second-order valence-corrected chi connectivity index (χ2v) is 5.79. The minimum atomic E-state index is -2.64. The molecule has 0 bridgehead atoms. The topological polar surface area (TPSA) is 38.0 Å². The van der Waals surface area contributed by atoms with Crippen LogP contribution in [0, 0.1) is 0 Å². The van der Waals surface area contributed by atoms with E-state index in [1.54, 1.807) is 23.9 Å². The highest BCUT2D eigenvalue weighted by molar-refractivity contribution is 7.98. The summed E-state index contributed by atoms with van der Waals surface area (Å²) in [5.41, 5.74) is 1.69. The summed E-state index contributed by atoms with van der Waals surface area (Å²) in [5.74, 6) is 0.123. The molecule has 0 aliphatic heterocycles. The zero-order chi connectivity index (χ0) is 16.4. The molecule has 0 unspecified atom stereocenters. The van der Waals surface area contributed by atoms with Gasteiger partial charge in [0.05, 0.1) is 11.4 Å². The van der Waals surface area contributed by atoms with E-state index < -0.39 is 6.43 Å². The van der Waals surface area contributed by atoms with Crippen LogP contribution in [0.4, 0.5) is 8.78 Å². The van der Waals surface area contributed by atoms with Gasteiger partial charge in [-0.3, -0.25) is 0 Å². The Balaban J connectivity index is 2.12. The standard InChI is InChI=1S/C17H14F2N2OS/c1-23-14-8-4-12(5-9-14)21-16(10-15(20-21)17(18)19)11-2-6-13(22)7-3-11/h2-10,17,22H,1H3. The van der Waals surface area contributed by atoms with Gasteiger partial charge in [-0.25, -0.2) is 13.5 Å². The Morgan fingerprint density at radius 2 is 1.70 bits per heavy atom. The third-order valence-electron chi connectivity index (χ3n) is 3.43. The normalized spacial score (nSPS) is 11.1. The number of alkyl halides is 2. The molecule has 3 aromatic rings. The van der Waals surface area contributed by atoms with E-state index >= 15 is 0 Å². The molecule has 0 fully saturated rings. The summed E-state index contributed by atoms with van der Waals surface area (Å²) in [4.78, 5) is 1.08. The van der Waals surface area contributed by atoms with Crippen LogP contribution in [0.1, 0.15) is 12.1 Å². The van der Waals surface area contributed by atoms with Crippen LogP contribution in [0.25, 0.3) is 16.9 Å². The summed E-state index contributed by atoms with van der Waals surface area (Å²) in [6, 6.07) is 15.3. The summed E-state index contributed by atoms with van der Waals surface area (Å²) in [6.45, 7) is 0. The predicted molar refractivity (Wildman–Crippen MR) is 87.4 cm³/mol. The van der Waals surface area contributed by atoms with Gasteiger partial charge < -0.3 is 5.11 Å². The van der Waals surface area contributed by atoms with Crippen molar-refractivity contribution in [2.24, 2.45) is 0 Å². The lowest BCUT2D eigenvalue weighted by Crippen LogP contribution is -1.99. The van der Waals surface area contributed by atoms with E-state index in [0.29, 0.717) is 16.9 Å². The van der Waals surface area contributed by atoms with Gasteiger partial charge in [-0.1, -0.05) is 0 Å². The highest BCUT2D eigenvalue weighted by Gasteiger charge is 2.17. The minimum Gasteiger partial charge on any atom is -0.508 e. The summed E-state index contributed by atoms with van der Waals surface area (Å²) in [7, 11) is 0. The van der Waals surface area contributed by atoms with Gasteiger partial charge in [-0.05, 0) is 60.9 Å². The SMILES string of the molecule is CSc1ccc(-n2nc(C(F)F)cc2-c2ccc(O)cc2)cc1. The highest BCUT2D eigenvalue weighted by atomic mass is 32.2. The molecule has 23 heavy (non-hydrogen) atoms. The Morgan fingerprint density at radius 3 is 2.26 bits per heavy atom. The van der Waals surface area contributed by atoms with Crippen molar-refractivity contribution in [3.8, 4) is 22.7 Å². The van der Waals surface area contributed by atoms with E-state index in [2.05, 4.69) is 5.10 Å². The number of benzene rings is 2. The number of phenolic OH excluding ortho intramolecular Hbond substituents is 1. The van der Waals surface area contributed by atoms with Gasteiger partial charge in [-0.2, -0.15) is 5.10 Å². The molecule has 118 valence electrons. The summed E-state index contributed by atoms with van der Waals surface area (Å²) in [6.07, 6.45) is -0.669. The van der Waals surface area contributed by atoms with E-state index in [9.17, 15) is 13.9 Å². The van der Waals surface area contributed by atoms with Crippen LogP contribution >= 0.6 is 11.8 Å². The average Bonchev–Trinajstić information content (AvgIpc) is 3.01. The molecule has 0 radical (unpaired) electrons. The Bertz CT molecular complexity index is 798. The van der Waals surface area contributed by atoms with E-state index in [1.165, 1.54) is 22.9 Å². The largest absolute Gasteiger partial charge is 0.508 e. The zero-order valence-corrected chi connectivity index (χ0v) is 13.1. The Kier molecular flexibility index (Phi) is 4.34. The van der Waals surface area contributed by atoms with Gasteiger partial charge in [0.15, 0.2) is 0 Å². The van der Waals surface area contributed by atoms with Gasteiger partial charge >= 0.3 is 0 Å². The first-order valence-electron chi connectivity index (χ1n) is 6.90. The van der Waals surface area contributed by atoms with E-state index in [1.807, 2.05) is 30.5 Å². The molecule has 0 amide bonds. The lowest BCUT2D eigenvalue weighted by atomic mass is 10.1. The molecule has 3 nitrogen and oxygen atoms in total. The molecular formula is C17H14F2N2OS. The van der Waals surface area contributed by atoms with Gasteiger partial charge in [-0.15, -0.1) is 11.8 Å². The maximum absolute atomic E-state index is 13.1. The number of hydrogen-bond donors (Lipinski definition) is 1. The number of nitrogens with zero attached hydrogens (tertiary/aromatic N) is 2. The Labute approximate surface area is 136 Å². The fourth-order valence-electron chi connectivity index (χ4n) is 2.26. The average molecular weight is 332 g/mol. The molecule has 0 aliphatic rings. The fourth-order valence-corrected chi connectivity index (χ4v) is 2.67. The van der Waals surface area contributed by atoms with Crippen molar-refractivity contribution >= 4 is 11.8 Å². The molecule has 0 saturated heterocycles. The zero-order valence-electron chi connectivity index (χ0n) is 12.3. The molecule has 1 aromatic heterocycles. The molecule has 1 heterocycles. The predicted octanol–water partition coefficient (Wildman–Crippen LogP) is 4.90. The van der Waals surface area contributed by atoms with Gasteiger partial charge in [0.25, 0.3) is 6.43 Å². The number of thioether (sulfide) groups is 1. The molecule has 0 spiro atoms. The molecule has 0 saturated carbocycles. The quantitative estimate of drug-likeness (QED) is 0.690. The van der Waals surface area contributed by atoms with Crippen LogP contribution in [0.3, 0.4) is 0 Å². The maximum atomic E-state index is 13.1. The van der Waals surface area contributed by atoms with Crippen LogP contribution in [-0.2, 0) is 0 Å². The monoisotopic (exact) mass is 332 g/mol. The second kappa shape index (κ2) is 6.42. The maximum Gasteiger partial charge on any atom is 0.282 e. The number of aromatic nitrogens is 2. The third kappa shape index (κ3) is 3.22. The smallest absolute Gasteiger partial charge is 0.282 e. The number of halogens is 2. The number of aromatic hydroxyl groups is 1. The van der Waals surface area contributed by atoms with Crippen LogP contribution in [0.2, 0.25) is 0 Å². The number of phenols is 1. The summed E-state index contributed by atoms with van der Waals surface area (Å²) < 4.78 is 27.6. The van der Waals surface area contributed by atoms with Crippen molar-refractivity contribution in [2.45, 2.75) is 11.3 Å². The molecule has 6 heteroatoms. The first-order chi connectivity index (χ1) is 11.1. The Morgan fingerprint density at radius 1 is 1.04 bits per heavy atom. The molecule has 0 aliphatic carbocycles. The fraction of sp³-hybridized carbons (Fsp3) is 0.118. The van der Waals surface area contributed by atoms with E-state index in [0.717, 1.165) is 4.90 Å². The summed E-state index contributed by atoms with van der Waals surface area (Å²) >= 11 is 1.61. The van der Waals surface area contributed by atoms with Crippen molar-refractivity contribution in [2.75, 3.05) is 6.26 Å². The first-order valence-corrected chi connectivity index (χ1v) is 8.13. The minimum absolute atomic E-state index is 0.123. The summed E-state index contributed by atoms with van der Waals surface area (Å²) in [5, 5.41) is 13.4. The van der Waals surface area contributed by atoms with Gasteiger partial charge in [0, 0.05) is 10.5 Å². The molecule has 2 aromatic carbocycles. The first kappa shape index (κ1) is 15.6. The molecule has 3 rings (SSSR count). The molecule has 1 N–H and O–H groups in total. The van der Waals surface area contributed by atoms with Crippen molar-refractivity contribution in [3.05, 3.63) is 60.3 Å². The second-order valence-electron chi connectivity index (χ2n) is 4.91. The van der Waals surface area contributed by atoms with Gasteiger partial charge in [0.2, 0.25) is 0 Å². The molecule has 0 atom stereocenters. The number of hydrogen-bond acceptors (Lipinski definition) is 3. The van der Waals surface area contributed by atoms with Crippen LogP contribution < -0.4 is 0 Å². The van der Waals surface area contributed by atoms with E-state index in [-0.39, 0.29) is 11.4 Å². The lowest BCUT2D eigenvalue weighted by molar-refractivity contribution is 0.145. The highest BCUT2D eigenvalue weighted by Crippen LogP contribution is 2.29. The third-order valence-corrected chi connectivity index (χ3v) is 4.18. The van der Waals surface area contributed by atoms with Crippen LogP contribution in [0.15, 0.2) is 59.5 Å². The van der Waals surface area contributed by atoms with Crippen molar-refractivity contribution in [1.29, 1.82) is 0 Å². The Hall–Kier alpha value is -2.34. The van der Waals surface area contributed by atoms with Crippen molar-refractivity contribution < 1.29 is 13.9 Å². The number of rotatable bonds is 4. The van der Waals surface area contributed by atoms with E-state index in [4.69, 9.17) is 0 Å². The van der Waals surface area contributed by atoms with Crippen LogP contribution in [0.5, 0.6) is 5.75 Å². The van der Waals surface area contributed by atoms with Crippen molar-refractivity contribution in [3.63, 3.8) is 0 Å². The van der Waals surface area contributed by atoms with Gasteiger partial charge in [0.1, 0.15) is 11.4 Å². The lowest BCUT2D eigenvalue weighted by Gasteiger charge is -2.08. The van der Waals surface area contributed by atoms with Crippen LogP contribution in [-0.4, -0.2) is 21.1 Å².